The number of thiazole rings is 1. The number of hydrogen-bond acceptors (Lipinski definition) is 6. The summed E-state index contributed by atoms with van der Waals surface area (Å²) in [5, 5.41) is 5.06. The van der Waals surface area contributed by atoms with Crippen LogP contribution in [0.25, 0.3) is 6.08 Å². The normalized spacial score (nSPS) is 10.7. The average molecular weight is 408 g/mol. The highest BCUT2D eigenvalue weighted by Crippen LogP contribution is 2.29. The van der Waals surface area contributed by atoms with E-state index in [0.717, 1.165) is 5.69 Å². The van der Waals surface area contributed by atoms with E-state index in [0.29, 0.717) is 29.0 Å². The van der Waals surface area contributed by atoms with Crippen molar-refractivity contribution in [3.05, 3.63) is 65.8 Å². The molecule has 148 valence electrons. The first-order chi connectivity index (χ1) is 14.1. The molecule has 0 fully saturated rings. The molecule has 3 rings (SSSR count). The van der Waals surface area contributed by atoms with Gasteiger partial charge in [-0.1, -0.05) is 18.2 Å². The summed E-state index contributed by atoms with van der Waals surface area (Å²) >= 11 is 1.33. The largest absolute Gasteiger partial charge is 0.476 e. The van der Waals surface area contributed by atoms with Gasteiger partial charge in [-0.15, -0.1) is 11.3 Å². The van der Waals surface area contributed by atoms with E-state index in [9.17, 15) is 9.59 Å². The summed E-state index contributed by atoms with van der Waals surface area (Å²) in [7, 11) is 0. The lowest BCUT2D eigenvalue weighted by Gasteiger charge is -2.17. The number of amides is 2. The second-order valence-electron chi connectivity index (χ2n) is 5.86. The lowest BCUT2D eigenvalue weighted by molar-refractivity contribution is -0.116. The molecule has 29 heavy (non-hydrogen) atoms. The number of benzene rings is 1. The Labute approximate surface area is 172 Å². The van der Waals surface area contributed by atoms with Crippen LogP contribution in [0.2, 0.25) is 0 Å². The summed E-state index contributed by atoms with van der Waals surface area (Å²) in [6.45, 7) is 3.78. The van der Waals surface area contributed by atoms with Crippen molar-refractivity contribution in [2.45, 2.75) is 13.8 Å². The SMILES string of the molecule is CCOc1ncccc1NC(=O)/C=C/c1csc(N(C(C)=O)c2ccccc2)n1. The second kappa shape index (κ2) is 9.61. The van der Waals surface area contributed by atoms with E-state index in [1.54, 1.807) is 29.8 Å². The molecule has 0 radical (unpaired) electrons. The Morgan fingerprint density at radius 1 is 1.21 bits per heavy atom. The molecule has 2 amide bonds. The van der Waals surface area contributed by atoms with Crippen LogP contribution in [0, 0.1) is 0 Å². The van der Waals surface area contributed by atoms with Crippen LogP contribution < -0.4 is 15.0 Å². The number of nitrogens with zero attached hydrogens (tertiary/aromatic N) is 3. The van der Waals surface area contributed by atoms with Crippen molar-refractivity contribution < 1.29 is 14.3 Å². The Bertz CT molecular complexity index is 1020. The van der Waals surface area contributed by atoms with E-state index in [2.05, 4.69) is 15.3 Å². The molecule has 7 nitrogen and oxygen atoms in total. The molecule has 0 aliphatic rings. The van der Waals surface area contributed by atoms with Gasteiger partial charge in [-0.2, -0.15) is 0 Å². The Morgan fingerprint density at radius 2 is 2.00 bits per heavy atom. The predicted molar refractivity (Wildman–Crippen MR) is 114 cm³/mol. The number of para-hydroxylation sites is 1. The average Bonchev–Trinajstić information content (AvgIpc) is 3.17. The number of hydrogen-bond donors (Lipinski definition) is 1. The maximum atomic E-state index is 12.2. The van der Waals surface area contributed by atoms with Crippen molar-refractivity contribution in [2.24, 2.45) is 0 Å². The predicted octanol–water partition coefficient (Wildman–Crippen LogP) is 4.27. The van der Waals surface area contributed by atoms with Crippen LogP contribution in [0.5, 0.6) is 5.88 Å². The van der Waals surface area contributed by atoms with Gasteiger partial charge in [-0.3, -0.25) is 14.5 Å². The Balaban J connectivity index is 1.72. The van der Waals surface area contributed by atoms with Crippen molar-refractivity contribution in [3.63, 3.8) is 0 Å². The first-order valence-electron chi connectivity index (χ1n) is 8.96. The van der Waals surface area contributed by atoms with Crippen molar-refractivity contribution in [1.29, 1.82) is 0 Å². The first-order valence-corrected chi connectivity index (χ1v) is 9.84. The van der Waals surface area contributed by atoms with E-state index in [-0.39, 0.29) is 11.8 Å². The summed E-state index contributed by atoms with van der Waals surface area (Å²) in [6.07, 6.45) is 4.57. The van der Waals surface area contributed by atoms with Gasteiger partial charge in [0.1, 0.15) is 5.69 Å². The lowest BCUT2D eigenvalue weighted by Crippen LogP contribution is -2.22. The fourth-order valence-electron chi connectivity index (χ4n) is 2.53. The summed E-state index contributed by atoms with van der Waals surface area (Å²) < 4.78 is 5.40. The Kier molecular flexibility index (Phi) is 6.70. The zero-order valence-electron chi connectivity index (χ0n) is 16.0. The van der Waals surface area contributed by atoms with Gasteiger partial charge in [0, 0.05) is 24.6 Å². The molecule has 1 aromatic carbocycles. The Morgan fingerprint density at radius 3 is 2.72 bits per heavy atom. The van der Waals surface area contributed by atoms with Gasteiger partial charge < -0.3 is 10.1 Å². The van der Waals surface area contributed by atoms with E-state index >= 15 is 0 Å². The lowest BCUT2D eigenvalue weighted by atomic mass is 10.3. The minimum atomic E-state index is -0.333. The fraction of sp³-hybridized carbons (Fsp3) is 0.143. The monoisotopic (exact) mass is 408 g/mol. The van der Waals surface area contributed by atoms with E-state index in [1.165, 1.54) is 29.2 Å². The van der Waals surface area contributed by atoms with Crippen LogP contribution in [0.1, 0.15) is 19.5 Å². The minimum absolute atomic E-state index is 0.140. The molecular weight excluding hydrogens is 388 g/mol. The zero-order chi connectivity index (χ0) is 20.6. The van der Waals surface area contributed by atoms with E-state index < -0.39 is 0 Å². The van der Waals surface area contributed by atoms with Crippen molar-refractivity contribution in [1.82, 2.24) is 9.97 Å². The van der Waals surface area contributed by atoms with Crippen LogP contribution in [0.4, 0.5) is 16.5 Å². The molecule has 1 N–H and O–H groups in total. The van der Waals surface area contributed by atoms with Gasteiger partial charge in [-0.05, 0) is 37.3 Å². The highest BCUT2D eigenvalue weighted by Gasteiger charge is 2.17. The van der Waals surface area contributed by atoms with Crippen LogP contribution in [-0.4, -0.2) is 28.4 Å². The Hall–Kier alpha value is -3.52. The van der Waals surface area contributed by atoms with Crippen molar-refractivity contribution >= 4 is 45.7 Å². The standard InChI is InChI=1S/C21H20N4O3S/c1-3-28-20-18(10-7-13-22-20)24-19(27)12-11-16-14-29-21(23-16)25(15(2)26)17-8-5-4-6-9-17/h4-14H,3H2,1-2H3,(H,24,27)/b12-11+. The molecule has 0 saturated carbocycles. The number of ether oxygens (including phenoxy) is 1. The van der Waals surface area contributed by atoms with Gasteiger partial charge in [0.25, 0.3) is 0 Å². The molecule has 0 unspecified atom stereocenters. The van der Waals surface area contributed by atoms with Gasteiger partial charge >= 0.3 is 0 Å². The van der Waals surface area contributed by atoms with Gasteiger partial charge in [0.2, 0.25) is 17.7 Å². The molecule has 8 heteroatoms. The molecule has 0 spiro atoms. The molecular formula is C21H20N4O3S. The number of nitrogens with one attached hydrogen (secondary N) is 1. The van der Waals surface area contributed by atoms with E-state index in [1.807, 2.05) is 37.3 Å². The molecule has 3 aromatic rings. The molecule has 0 aliphatic heterocycles. The highest BCUT2D eigenvalue weighted by molar-refractivity contribution is 7.14. The number of rotatable bonds is 7. The number of pyridine rings is 1. The molecule has 0 saturated heterocycles. The quantitative estimate of drug-likeness (QED) is 0.590. The van der Waals surface area contributed by atoms with Crippen molar-refractivity contribution in [2.75, 3.05) is 16.8 Å². The topological polar surface area (TPSA) is 84.4 Å². The van der Waals surface area contributed by atoms with Gasteiger partial charge in [-0.25, -0.2) is 9.97 Å². The van der Waals surface area contributed by atoms with Gasteiger partial charge in [0.15, 0.2) is 5.13 Å². The molecule has 2 aromatic heterocycles. The van der Waals surface area contributed by atoms with Crippen LogP contribution in [-0.2, 0) is 9.59 Å². The smallest absolute Gasteiger partial charge is 0.248 e. The fourth-order valence-corrected chi connectivity index (χ4v) is 3.39. The maximum Gasteiger partial charge on any atom is 0.248 e. The third-order valence-electron chi connectivity index (χ3n) is 3.75. The highest BCUT2D eigenvalue weighted by atomic mass is 32.1. The number of aromatic nitrogens is 2. The first kappa shape index (κ1) is 20.2. The number of anilines is 3. The summed E-state index contributed by atoms with van der Waals surface area (Å²) in [4.78, 5) is 34.4. The van der Waals surface area contributed by atoms with Gasteiger partial charge in [0.05, 0.1) is 18.0 Å². The zero-order valence-corrected chi connectivity index (χ0v) is 16.8. The molecule has 0 atom stereocenters. The molecule has 0 bridgehead atoms. The van der Waals surface area contributed by atoms with E-state index in [4.69, 9.17) is 4.74 Å². The number of carbonyl (C=O) groups excluding carboxylic acids is 2. The molecule has 0 aliphatic carbocycles. The van der Waals surface area contributed by atoms with Crippen LogP contribution in [0.3, 0.4) is 0 Å². The number of carbonyl (C=O) groups is 2. The second-order valence-corrected chi connectivity index (χ2v) is 6.69. The summed E-state index contributed by atoms with van der Waals surface area (Å²) in [6, 6.07) is 12.7. The minimum Gasteiger partial charge on any atom is -0.476 e. The van der Waals surface area contributed by atoms with Crippen LogP contribution >= 0.6 is 11.3 Å². The summed E-state index contributed by atoms with van der Waals surface area (Å²) in [5.41, 5.74) is 1.82. The third-order valence-corrected chi connectivity index (χ3v) is 4.59. The van der Waals surface area contributed by atoms with Crippen molar-refractivity contribution in [3.8, 4) is 5.88 Å². The van der Waals surface area contributed by atoms with Crippen LogP contribution in [0.15, 0.2) is 60.1 Å². The summed E-state index contributed by atoms with van der Waals surface area (Å²) in [5.74, 6) is -0.105. The third kappa shape index (κ3) is 5.26. The maximum absolute atomic E-state index is 12.2. The molecule has 2 heterocycles.